The third kappa shape index (κ3) is 4.15. The Kier molecular flexibility index (Phi) is 5.38. The van der Waals surface area contributed by atoms with Gasteiger partial charge in [-0.3, -0.25) is 0 Å². The maximum Gasteiger partial charge on any atom is 0.420 e. The number of ether oxygens (including phenoxy) is 1. The van der Waals surface area contributed by atoms with Gasteiger partial charge < -0.3 is 9.84 Å². The predicted octanol–water partition coefficient (Wildman–Crippen LogP) is 2.03. The first-order valence-corrected chi connectivity index (χ1v) is 8.64. The smallest absolute Gasteiger partial charge is 0.379 e. The summed E-state index contributed by atoms with van der Waals surface area (Å²) < 4.78 is 68.9. The second kappa shape index (κ2) is 6.83. The van der Waals surface area contributed by atoms with Gasteiger partial charge in [-0.25, -0.2) is 8.42 Å². The Bertz CT molecular complexity index is 690. The summed E-state index contributed by atoms with van der Waals surface area (Å²) in [6, 6.07) is 5.42. The van der Waals surface area contributed by atoms with Crippen LogP contribution in [0.15, 0.2) is 35.2 Å². The SMILES string of the molecule is CC(O)(/C=C/c1ccc(S(=O)(=O)N2CCOCC2)cc1)C(F)(F)F. The number of sulfonamides is 1. The van der Waals surface area contributed by atoms with Gasteiger partial charge in [0.25, 0.3) is 0 Å². The van der Waals surface area contributed by atoms with Gasteiger partial charge in [-0.15, -0.1) is 0 Å². The lowest BCUT2D eigenvalue weighted by atomic mass is 10.0. The summed E-state index contributed by atoms with van der Waals surface area (Å²) in [5.74, 6) is 0. The van der Waals surface area contributed by atoms with Crippen molar-refractivity contribution in [3.63, 3.8) is 0 Å². The Morgan fingerprint density at radius 1 is 1.17 bits per heavy atom. The summed E-state index contributed by atoms with van der Waals surface area (Å²) in [6.07, 6.45) is -3.07. The first-order valence-electron chi connectivity index (χ1n) is 7.20. The minimum Gasteiger partial charge on any atom is -0.379 e. The molecular formula is C15H18F3NO4S. The van der Waals surface area contributed by atoms with Gasteiger partial charge in [0.1, 0.15) is 0 Å². The second-order valence-corrected chi connectivity index (χ2v) is 7.50. The lowest BCUT2D eigenvalue weighted by Gasteiger charge is -2.26. The Hall–Kier alpha value is -1.42. The summed E-state index contributed by atoms with van der Waals surface area (Å²) in [5, 5.41) is 9.34. The molecule has 1 aromatic carbocycles. The van der Waals surface area contributed by atoms with Crippen molar-refractivity contribution < 1.29 is 31.4 Å². The van der Waals surface area contributed by atoms with E-state index in [-0.39, 0.29) is 18.0 Å². The zero-order valence-electron chi connectivity index (χ0n) is 13.0. The van der Waals surface area contributed by atoms with Gasteiger partial charge in [0, 0.05) is 13.1 Å². The minimum atomic E-state index is -4.79. The number of benzene rings is 1. The summed E-state index contributed by atoms with van der Waals surface area (Å²) >= 11 is 0. The molecule has 1 unspecified atom stereocenters. The Morgan fingerprint density at radius 3 is 2.21 bits per heavy atom. The maximum atomic E-state index is 12.6. The molecule has 1 N–H and O–H groups in total. The van der Waals surface area contributed by atoms with Crippen LogP contribution in [0.2, 0.25) is 0 Å². The molecule has 0 bridgehead atoms. The van der Waals surface area contributed by atoms with Crippen LogP contribution in [0.4, 0.5) is 13.2 Å². The lowest BCUT2D eigenvalue weighted by molar-refractivity contribution is -0.232. The molecule has 0 amide bonds. The molecule has 1 fully saturated rings. The fourth-order valence-electron chi connectivity index (χ4n) is 2.04. The molecule has 1 atom stereocenters. The quantitative estimate of drug-likeness (QED) is 0.887. The molecule has 1 aromatic rings. The number of rotatable bonds is 4. The average molecular weight is 365 g/mol. The van der Waals surface area contributed by atoms with E-state index >= 15 is 0 Å². The van der Waals surface area contributed by atoms with Crippen LogP contribution in [-0.2, 0) is 14.8 Å². The number of alkyl halides is 3. The van der Waals surface area contributed by atoms with Crippen LogP contribution >= 0.6 is 0 Å². The molecule has 1 saturated heterocycles. The molecule has 1 aliphatic heterocycles. The molecule has 0 radical (unpaired) electrons. The van der Waals surface area contributed by atoms with Crippen molar-refractivity contribution in [1.82, 2.24) is 4.31 Å². The van der Waals surface area contributed by atoms with Crippen LogP contribution in [0, 0.1) is 0 Å². The highest BCUT2D eigenvalue weighted by atomic mass is 32.2. The fraction of sp³-hybridized carbons (Fsp3) is 0.467. The molecule has 0 spiro atoms. The topological polar surface area (TPSA) is 66.8 Å². The van der Waals surface area contributed by atoms with Gasteiger partial charge in [-0.1, -0.05) is 18.2 Å². The number of hydrogen-bond donors (Lipinski definition) is 1. The van der Waals surface area contributed by atoms with E-state index in [0.717, 1.165) is 6.08 Å². The predicted molar refractivity (Wildman–Crippen MR) is 81.7 cm³/mol. The molecule has 0 aromatic heterocycles. The van der Waals surface area contributed by atoms with E-state index in [0.29, 0.717) is 31.8 Å². The van der Waals surface area contributed by atoms with Crippen LogP contribution in [0.5, 0.6) is 0 Å². The Labute approximate surface area is 138 Å². The van der Waals surface area contributed by atoms with Crippen LogP contribution in [0.1, 0.15) is 12.5 Å². The average Bonchev–Trinajstić information content (AvgIpc) is 2.53. The van der Waals surface area contributed by atoms with Crippen LogP contribution in [0.25, 0.3) is 6.08 Å². The van der Waals surface area contributed by atoms with Gasteiger partial charge in [0.2, 0.25) is 10.0 Å². The van der Waals surface area contributed by atoms with Gasteiger partial charge in [0.15, 0.2) is 5.60 Å². The molecule has 2 rings (SSSR count). The maximum absolute atomic E-state index is 12.6. The molecule has 1 aliphatic rings. The number of hydrogen-bond acceptors (Lipinski definition) is 4. The highest BCUT2D eigenvalue weighted by Gasteiger charge is 2.47. The highest BCUT2D eigenvalue weighted by Crippen LogP contribution is 2.31. The van der Waals surface area contributed by atoms with Crippen molar-refractivity contribution in [3.8, 4) is 0 Å². The summed E-state index contributed by atoms with van der Waals surface area (Å²) in [5.41, 5.74) is -2.61. The van der Waals surface area contributed by atoms with E-state index in [1.807, 2.05) is 0 Å². The second-order valence-electron chi connectivity index (χ2n) is 5.56. The molecule has 134 valence electrons. The lowest BCUT2D eigenvalue weighted by Crippen LogP contribution is -2.40. The van der Waals surface area contributed by atoms with Gasteiger partial charge in [-0.05, 0) is 30.7 Å². The molecule has 24 heavy (non-hydrogen) atoms. The molecule has 1 heterocycles. The van der Waals surface area contributed by atoms with E-state index in [4.69, 9.17) is 4.74 Å². The van der Waals surface area contributed by atoms with Gasteiger partial charge >= 0.3 is 6.18 Å². The zero-order chi connectivity index (χ0) is 18.0. The third-order valence-electron chi connectivity index (χ3n) is 3.66. The molecule has 5 nitrogen and oxygen atoms in total. The van der Waals surface area contributed by atoms with Crippen molar-refractivity contribution in [2.75, 3.05) is 26.3 Å². The fourth-order valence-corrected chi connectivity index (χ4v) is 3.45. The Morgan fingerprint density at radius 2 is 1.71 bits per heavy atom. The molecule has 9 heteroatoms. The third-order valence-corrected chi connectivity index (χ3v) is 5.58. The van der Waals surface area contributed by atoms with Crippen LogP contribution in [0.3, 0.4) is 0 Å². The Balaban J connectivity index is 2.16. The molecule has 0 aliphatic carbocycles. The summed E-state index contributed by atoms with van der Waals surface area (Å²) in [7, 11) is -3.65. The van der Waals surface area contributed by atoms with Crippen LogP contribution < -0.4 is 0 Å². The van der Waals surface area contributed by atoms with Crippen LogP contribution in [-0.4, -0.2) is 55.9 Å². The molecular weight excluding hydrogens is 347 g/mol. The standard InChI is InChI=1S/C15H18F3NO4S/c1-14(20,15(16,17)18)7-6-12-2-4-13(5-3-12)24(21,22)19-8-10-23-11-9-19/h2-7,20H,8-11H2,1H3/b7-6+. The van der Waals surface area contributed by atoms with Crippen molar-refractivity contribution >= 4 is 16.1 Å². The minimum absolute atomic E-state index is 0.0594. The largest absolute Gasteiger partial charge is 0.420 e. The first-order chi connectivity index (χ1) is 11.0. The van der Waals surface area contributed by atoms with Gasteiger partial charge in [-0.2, -0.15) is 17.5 Å². The highest BCUT2D eigenvalue weighted by molar-refractivity contribution is 7.89. The van der Waals surface area contributed by atoms with Crippen molar-refractivity contribution in [1.29, 1.82) is 0 Å². The number of morpholine rings is 1. The number of halogens is 3. The normalized spacial score (nSPS) is 20.2. The van der Waals surface area contributed by atoms with Crippen molar-refractivity contribution in [3.05, 3.63) is 35.9 Å². The zero-order valence-corrected chi connectivity index (χ0v) is 13.8. The van der Waals surface area contributed by atoms with Crippen molar-refractivity contribution in [2.45, 2.75) is 23.6 Å². The van der Waals surface area contributed by atoms with Crippen molar-refractivity contribution in [2.24, 2.45) is 0 Å². The van der Waals surface area contributed by atoms with E-state index in [2.05, 4.69) is 0 Å². The number of nitrogens with zero attached hydrogens (tertiary/aromatic N) is 1. The first kappa shape index (κ1) is 18.9. The van der Waals surface area contributed by atoms with E-state index < -0.39 is 21.8 Å². The van der Waals surface area contributed by atoms with E-state index in [1.165, 1.54) is 28.6 Å². The monoisotopic (exact) mass is 365 g/mol. The summed E-state index contributed by atoms with van der Waals surface area (Å²) in [4.78, 5) is 0.0594. The molecule has 0 saturated carbocycles. The summed E-state index contributed by atoms with van der Waals surface area (Å²) in [6.45, 7) is 1.82. The van der Waals surface area contributed by atoms with E-state index in [1.54, 1.807) is 0 Å². The van der Waals surface area contributed by atoms with Gasteiger partial charge in [0.05, 0.1) is 18.1 Å². The van der Waals surface area contributed by atoms with E-state index in [9.17, 15) is 26.7 Å². The number of aliphatic hydroxyl groups is 1.